The minimum absolute atomic E-state index is 0.0667. The van der Waals surface area contributed by atoms with Crippen molar-refractivity contribution < 1.29 is 9.59 Å². The molecule has 1 saturated carbocycles. The van der Waals surface area contributed by atoms with Gasteiger partial charge in [-0.1, -0.05) is 25.3 Å². The summed E-state index contributed by atoms with van der Waals surface area (Å²) in [5, 5.41) is 0. The molecular formula is C20H29N3O2. The monoisotopic (exact) mass is 343 g/mol. The number of hydrogen-bond donors (Lipinski definition) is 0. The van der Waals surface area contributed by atoms with E-state index in [-0.39, 0.29) is 17.7 Å². The number of hydrogen-bond acceptors (Lipinski definition) is 3. The lowest BCUT2D eigenvalue weighted by molar-refractivity contribution is -0.143. The summed E-state index contributed by atoms with van der Waals surface area (Å²) in [4.78, 5) is 32.9. The number of pyridine rings is 1. The van der Waals surface area contributed by atoms with Gasteiger partial charge >= 0.3 is 0 Å². The van der Waals surface area contributed by atoms with Crippen molar-refractivity contribution in [2.45, 2.75) is 51.5 Å². The Balaban J connectivity index is 1.55. The molecule has 2 aliphatic rings. The summed E-state index contributed by atoms with van der Waals surface area (Å²) in [5.41, 5.74) is 1.03. The van der Waals surface area contributed by atoms with Crippen LogP contribution in [0.5, 0.6) is 0 Å². The molecule has 1 aliphatic heterocycles. The fourth-order valence-corrected chi connectivity index (χ4v) is 4.13. The number of nitrogens with zero attached hydrogens (tertiary/aromatic N) is 3. The number of carbonyl (C=O) groups is 2. The molecule has 0 unspecified atom stereocenters. The van der Waals surface area contributed by atoms with E-state index in [1.54, 1.807) is 17.3 Å². The molecule has 0 spiro atoms. The van der Waals surface area contributed by atoms with Crippen LogP contribution in [0.4, 0.5) is 0 Å². The number of carbonyl (C=O) groups excluding carboxylic acids is 2. The van der Waals surface area contributed by atoms with Gasteiger partial charge in [-0.2, -0.15) is 0 Å². The largest absolute Gasteiger partial charge is 0.342 e. The van der Waals surface area contributed by atoms with Crippen molar-refractivity contribution >= 4 is 11.8 Å². The summed E-state index contributed by atoms with van der Waals surface area (Å²) in [7, 11) is 1.84. The zero-order valence-corrected chi connectivity index (χ0v) is 15.2. The molecule has 1 aliphatic carbocycles. The SMILES string of the molecule is CN(Cc1cccnc1)C(=O)[C@@H]1CCC(=O)N(CC2CCCCC2)C1. The van der Waals surface area contributed by atoms with E-state index in [2.05, 4.69) is 4.98 Å². The van der Waals surface area contributed by atoms with Crippen LogP contribution >= 0.6 is 0 Å². The Hall–Kier alpha value is -1.91. The van der Waals surface area contributed by atoms with Crippen LogP contribution in [-0.4, -0.2) is 46.7 Å². The summed E-state index contributed by atoms with van der Waals surface area (Å²) < 4.78 is 0. The van der Waals surface area contributed by atoms with Gasteiger partial charge in [0.2, 0.25) is 11.8 Å². The summed E-state index contributed by atoms with van der Waals surface area (Å²) in [6.07, 6.45) is 11.0. The van der Waals surface area contributed by atoms with Crippen molar-refractivity contribution in [3.05, 3.63) is 30.1 Å². The lowest BCUT2D eigenvalue weighted by Crippen LogP contribution is -2.47. The molecule has 2 fully saturated rings. The molecule has 2 heterocycles. The van der Waals surface area contributed by atoms with Gasteiger partial charge in [-0.15, -0.1) is 0 Å². The highest BCUT2D eigenvalue weighted by atomic mass is 16.2. The standard InChI is InChI=1S/C20H29N3O2/c1-22(13-17-8-5-11-21-12-17)20(25)18-9-10-19(24)23(15-18)14-16-6-3-2-4-7-16/h5,8,11-12,16,18H,2-4,6-7,9-10,13-15H2,1H3/t18-/m1/s1. The van der Waals surface area contributed by atoms with E-state index in [4.69, 9.17) is 0 Å². The van der Waals surface area contributed by atoms with E-state index in [1.807, 2.05) is 24.1 Å². The molecule has 1 saturated heterocycles. The number of likely N-dealkylation sites (tertiary alicyclic amines) is 1. The number of aromatic nitrogens is 1. The van der Waals surface area contributed by atoms with E-state index in [9.17, 15) is 9.59 Å². The molecule has 0 bridgehead atoms. The van der Waals surface area contributed by atoms with Crippen molar-refractivity contribution in [1.29, 1.82) is 0 Å². The predicted molar refractivity (Wildman–Crippen MR) is 96.6 cm³/mol. The van der Waals surface area contributed by atoms with Crippen LogP contribution in [0.25, 0.3) is 0 Å². The Labute approximate surface area is 150 Å². The van der Waals surface area contributed by atoms with Crippen LogP contribution in [0.2, 0.25) is 0 Å². The molecule has 25 heavy (non-hydrogen) atoms. The number of amides is 2. The Morgan fingerprint density at radius 3 is 2.80 bits per heavy atom. The van der Waals surface area contributed by atoms with Crippen molar-refractivity contribution in [3.63, 3.8) is 0 Å². The third-order valence-electron chi connectivity index (χ3n) is 5.57. The second-order valence-electron chi connectivity index (χ2n) is 7.59. The van der Waals surface area contributed by atoms with Gasteiger partial charge in [0.05, 0.1) is 5.92 Å². The van der Waals surface area contributed by atoms with Crippen molar-refractivity contribution in [2.24, 2.45) is 11.8 Å². The summed E-state index contributed by atoms with van der Waals surface area (Å²) in [5.74, 6) is 0.928. The number of piperidine rings is 1. The third kappa shape index (κ3) is 4.80. The Morgan fingerprint density at radius 2 is 2.08 bits per heavy atom. The highest BCUT2D eigenvalue weighted by molar-refractivity contribution is 5.83. The molecule has 136 valence electrons. The van der Waals surface area contributed by atoms with Gasteiger partial charge in [-0.25, -0.2) is 0 Å². The number of rotatable bonds is 5. The van der Waals surface area contributed by atoms with Gasteiger partial charge in [0.25, 0.3) is 0 Å². The van der Waals surface area contributed by atoms with Crippen LogP contribution in [-0.2, 0) is 16.1 Å². The molecule has 5 nitrogen and oxygen atoms in total. The van der Waals surface area contributed by atoms with Crippen molar-refractivity contribution in [3.8, 4) is 0 Å². The van der Waals surface area contributed by atoms with Gasteiger partial charge < -0.3 is 9.80 Å². The summed E-state index contributed by atoms with van der Waals surface area (Å²) in [6, 6.07) is 3.87. The molecule has 0 N–H and O–H groups in total. The first kappa shape index (κ1) is 17.9. The Kier molecular flexibility index (Phi) is 6.05. The summed E-state index contributed by atoms with van der Waals surface area (Å²) in [6.45, 7) is 2.00. The van der Waals surface area contributed by atoms with Crippen molar-refractivity contribution in [2.75, 3.05) is 20.1 Å². The first-order valence-electron chi connectivity index (χ1n) is 9.55. The lowest BCUT2D eigenvalue weighted by Gasteiger charge is -2.36. The van der Waals surface area contributed by atoms with E-state index >= 15 is 0 Å². The average molecular weight is 343 g/mol. The smallest absolute Gasteiger partial charge is 0.227 e. The van der Waals surface area contributed by atoms with Crippen molar-refractivity contribution in [1.82, 2.24) is 14.8 Å². The maximum absolute atomic E-state index is 12.8. The van der Waals surface area contributed by atoms with Crippen LogP contribution in [0, 0.1) is 11.8 Å². The van der Waals surface area contributed by atoms with E-state index in [1.165, 1.54) is 32.1 Å². The molecule has 5 heteroatoms. The van der Waals surface area contributed by atoms with Gasteiger partial charge in [-0.3, -0.25) is 14.6 Å². The van der Waals surface area contributed by atoms with Gasteiger partial charge in [0, 0.05) is 45.5 Å². The Bertz CT molecular complexity index is 584. The highest BCUT2D eigenvalue weighted by Crippen LogP contribution is 2.27. The van der Waals surface area contributed by atoms with E-state index in [0.717, 1.165) is 12.1 Å². The first-order valence-corrected chi connectivity index (χ1v) is 9.55. The minimum atomic E-state index is -0.0667. The molecule has 0 aromatic carbocycles. The van der Waals surface area contributed by atoms with Crippen LogP contribution in [0.1, 0.15) is 50.5 Å². The molecule has 3 rings (SSSR count). The quantitative estimate of drug-likeness (QED) is 0.826. The molecule has 2 amide bonds. The fourth-order valence-electron chi connectivity index (χ4n) is 4.13. The normalized spacial score (nSPS) is 22.0. The predicted octanol–water partition coefficient (Wildman–Crippen LogP) is 2.86. The highest BCUT2D eigenvalue weighted by Gasteiger charge is 2.33. The maximum atomic E-state index is 12.8. The van der Waals surface area contributed by atoms with E-state index in [0.29, 0.717) is 31.8 Å². The van der Waals surface area contributed by atoms with Gasteiger partial charge in [-0.05, 0) is 36.8 Å². The Morgan fingerprint density at radius 1 is 1.28 bits per heavy atom. The molecule has 1 atom stereocenters. The average Bonchev–Trinajstić information content (AvgIpc) is 2.64. The molecule has 0 radical (unpaired) electrons. The van der Waals surface area contributed by atoms with Gasteiger partial charge in [0.15, 0.2) is 0 Å². The van der Waals surface area contributed by atoms with Gasteiger partial charge in [0.1, 0.15) is 0 Å². The first-order chi connectivity index (χ1) is 12.1. The topological polar surface area (TPSA) is 53.5 Å². The molecule has 1 aromatic heterocycles. The lowest BCUT2D eigenvalue weighted by atomic mass is 9.87. The van der Waals surface area contributed by atoms with Crippen LogP contribution in [0.3, 0.4) is 0 Å². The minimum Gasteiger partial charge on any atom is -0.342 e. The molecule has 1 aromatic rings. The zero-order chi connectivity index (χ0) is 17.6. The zero-order valence-electron chi connectivity index (χ0n) is 15.2. The summed E-state index contributed by atoms with van der Waals surface area (Å²) >= 11 is 0. The third-order valence-corrected chi connectivity index (χ3v) is 5.57. The maximum Gasteiger partial charge on any atom is 0.227 e. The fraction of sp³-hybridized carbons (Fsp3) is 0.650. The molecular weight excluding hydrogens is 314 g/mol. The van der Waals surface area contributed by atoms with E-state index < -0.39 is 0 Å². The second kappa shape index (κ2) is 8.45. The van der Waals surface area contributed by atoms with Crippen LogP contribution in [0.15, 0.2) is 24.5 Å². The van der Waals surface area contributed by atoms with Crippen LogP contribution < -0.4 is 0 Å². The second-order valence-corrected chi connectivity index (χ2v) is 7.59.